The van der Waals surface area contributed by atoms with E-state index in [1.165, 1.54) is 0 Å². The van der Waals surface area contributed by atoms with Gasteiger partial charge in [0.2, 0.25) is 10.0 Å². The maximum atomic E-state index is 13.6. The number of benzene rings is 1. The maximum Gasteiger partial charge on any atom is 0.335 e. The molecule has 1 aromatic rings. The molecule has 0 fully saturated rings. The predicted molar refractivity (Wildman–Crippen MR) is 69.6 cm³/mol. The summed E-state index contributed by atoms with van der Waals surface area (Å²) >= 11 is 0. The Balaban J connectivity index is 2.97. The van der Waals surface area contributed by atoms with E-state index in [-0.39, 0.29) is 18.2 Å². The van der Waals surface area contributed by atoms with Crippen molar-refractivity contribution >= 4 is 16.0 Å². The summed E-state index contributed by atoms with van der Waals surface area (Å²) < 4.78 is 44.8. The van der Waals surface area contributed by atoms with Gasteiger partial charge in [-0.15, -0.1) is 0 Å². The fraction of sp³-hybridized carbons (Fsp3) is 0.417. The van der Waals surface area contributed by atoms with Crippen LogP contribution in [0.1, 0.15) is 24.2 Å². The zero-order valence-corrected chi connectivity index (χ0v) is 11.9. The summed E-state index contributed by atoms with van der Waals surface area (Å²) in [5, 5.41) is 8.80. The highest BCUT2D eigenvalue weighted by Gasteiger charge is 2.21. The molecule has 1 aromatic carbocycles. The van der Waals surface area contributed by atoms with E-state index in [2.05, 4.69) is 4.72 Å². The summed E-state index contributed by atoms with van der Waals surface area (Å²) in [7, 11) is -4.13. The Morgan fingerprint density at radius 1 is 1.50 bits per heavy atom. The normalized spacial score (nSPS) is 13.2. The molecule has 8 heteroatoms. The first-order valence-corrected chi connectivity index (χ1v) is 7.40. The van der Waals surface area contributed by atoms with Gasteiger partial charge in [-0.2, -0.15) is 0 Å². The van der Waals surface area contributed by atoms with E-state index < -0.39 is 26.7 Å². The van der Waals surface area contributed by atoms with Gasteiger partial charge in [0.25, 0.3) is 0 Å². The molecule has 0 amide bonds. The summed E-state index contributed by atoms with van der Waals surface area (Å²) in [4.78, 5) is 10.1. The molecule has 0 heterocycles. The fourth-order valence-electron chi connectivity index (χ4n) is 1.49. The number of carboxylic acid groups (broad SMARTS) is 1. The molecule has 0 radical (unpaired) electrons. The Hall–Kier alpha value is -1.51. The lowest BCUT2D eigenvalue weighted by Gasteiger charge is -2.13. The molecule has 0 bridgehead atoms. The van der Waals surface area contributed by atoms with Crippen molar-refractivity contribution in [2.75, 3.05) is 13.2 Å². The smallest absolute Gasteiger partial charge is 0.335 e. The van der Waals surface area contributed by atoms with Crippen LogP contribution in [0.15, 0.2) is 23.1 Å². The molecule has 0 spiro atoms. The van der Waals surface area contributed by atoms with Crippen LogP contribution in [0.5, 0.6) is 0 Å². The first-order valence-electron chi connectivity index (χ1n) is 5.92. The molecule has 2 N–H and O–H groups in total. The summed E-state index contributed by atoms with van der Waals surface area (Å²) in [5.41, 5.74) is -0.301. The Morgan fingerprint density at radius 2 is 2.15 bits per heavy atom. The molecule has 0 aliphatic heterocycles. The van der Waals surface area contributed by atoms with Crippen LogP contribution < -0.4 is 4.72 Å². The van der Waals surface area contributed by atoms with Crippen LogP contribution in [0, 0.1) is 5.82 Å². The average molecular weight is 305 g/mol. The topological polar surface area (TPSA) is 92.7 Å². The number of nitrogens with one attached hydrogen (secondary N) is 1. The van der Waals surface area contributed by atoms with Gasteiger partial charge in [-0.3, -0.25) is 0 Å². The predicted octanol–water partition coefficient (Wildman–Crippen LogP) is 1.23. The standard InChI is InChI=1S/C12H16FNO5S/c1-3-19-8(2)7-14-20(17,18)11-6-9(12(15)16)4-5-10(11)13/h4-6,8,14H,3,7H2,1-2H3,(H,15,16). The first kappa shape index (κ1) is 16.5. The van der Waals surface area contributed by atoms with Crippen LogP contribution in [-0.4, -0.2) is 38.7 Å². The van der Waals surface area contributed by atoms with Gasteiger partial charge in [0.05, 0.1) is 11.7 Å². The Kier molecular flexibility index (Phi) is 5.61. The van der Waals surface area contributed by atoms with Gasteiger partial charge in [0, 0.05) is 13.2 Å². The Morgan fingerprint density at radius 3 is 2.70 bits per heavy atom. The van der Waals surface area contributed by atoms with Crippen molar-refractivity contribution in [3.8, 4) is 0 Å². The molecule has 1 rings (SSSR count). The molecule has 0 saturated heterocycles. The van der Waals surface area contributed by atoms with Gasteiger partial charge >= 0.3 is 5.97 Å². The van der Waals surface area contributed by atoms with E-state index in [9.17, 15) is 17.6 Å². The molecular formula is C12H16FNO5S. The lowest BCUT2D eigenvalue weighted by molar-refractivity contribution is 0.0696. The largest absolute Gasteiger partial charge is 0.478 e. The van der Waals surface area contributed by atoms with E-state index in [1.807, 2.05) is 0 Å². The number of carboxylic acids is 1. The second-order valence-corrected chi connectivity index (χ2v) is 5.80. The summed E-state index contributed by atoms with van der Waals surface area (Å²) in [6, 6.07) is 2.59. The number of rotatable bonds is 7. The van der Waals surface area contributed by atoms with Crippen molar-refractivity contribution in [3.63, 3.8) is 0 Å². The van der Waals surface area contributed by atoms with E-state index >= 15 is 0 Å². The van der Waals surface area contributed by atoms with Crippen LogP contribution >= 0.6 is 0 Å². The van der Waals surface area contributed by atoms with E-state index in [0.29, 0.717) is 6.61 Å². The third kappa shape index (κ3) is 4.26. The summed E-state index contributed by atoms with van der Waals surface area (Å²) in [6.07, 6.45) is -0.375. The van der Waals surface area contributed by atoms with Crippen LogP contribution in [0.4, 0.5) is 4.39 Å². The quantitative estimate of drug-likeness (QED) is 0.790. The van der Waals surface area contributed by atoms with Gasteiger partial charge in [0.1, 0.15) is 10.7 Å². The molecule has 112 valence electrons. The summed E-state index contributed by atoms with van der Waals surface area (Å²) in [5.74, 6) is -2.34. The molecule has 0 saturated carbocycles. The second kappa shape index (κ2) is 6.78. The molecule has 0 aromatic heterocycles. The highest BCUT2D eigenvalue weighted by Crippen LogP contribution is 2.16. The van der Waals surface area contributed by atoms with Crippen molar-refractivity contribution in [1.82, 2.24) is 4.72 Å². The van der Waals surface area contributed by atoms with Crippen molar-refractivity contribution in [3.05, 3.63) is 29.6 Å². The lowest BCUT2D eigenvalue weighted by Crippen LogP contribution is -2.32. The van der Waals surface area contributed by atoms with Gasteiger partial charge in [-0.05, 0) is 32.0 Å². The second-order valence-electron chi connectivity index (χ2n) is 4.07. The van der Waals surface area contributed by atoms with E-state index in [1.54, 1.807) is 13.8 Å². The minimum Gasteiger partial charge on any atom is -0.478 e. The number of halogens is 1. The molecular weight excluding hydrogens is 289 g/mol. The van der Waals surface area contributed by atoms with Crippen LogP contribution in [0.25, 0.3) is 0 Å². The van der Waals surface area contributed by atoms with Gasteiger partial charge in [-0.25, -0.2) is 22.3 Å². The Bertz CT molecular complexity index is 588. The van der Waals surface area contributed by atoms with Gasteiger partial charge in [-0.1, -0.05) is 0 Å². The minimum absolute atomic E-state index is 0.0348. The molecule has 0 aliphatic rings. The van der Waals surface area contributed by atoms with E-state index in [4.69, 9.17) is 9.84 Å². The fourth-order valence-corrected chi connectivity index (χ4v) is 2.71. The van der Waals surface area contributed by atoms with Crippen molar-refractivity contribution < 1.29 is 27.4 Å². The van der Waals surface area contributed by atoms with Gasteiger partial charge < -0.3 is 9.84 Å². The van der Waals surface area contributed by atoms with Crippen molar-refractivity contribution in [2.45, 2.75) is 24.8 Å². The molecule has 20 heavy (non-hydrogen) atoms. The van der Waals surface area contributed by atoms with E-state index in [0.717, 1.165) is 18.2 Å². The van der Waals surface area contributed by atoms with Crippen molar-refractivity contribution in [2.24, 2.45) is 0 Å². The molecule has 1 atom stereocenters. The maximum absolute atomic E-state index is 13.6. The molecule has 1 unspecified atom stereocenters. The van der Waals surface area contributed by atoms with Crippen molar-refractivity contribution in [1.29, 1.82) is 0 Å². The minimum atomic E-state index is -4.13. The highest BCUT2D eigenvalue weighted by molar-refractivity contribution is 7.89. The zero-order valence-electron chi connectivity index (χ0n) is 11.1. The molecule has 0 aliphatic carbocycles. The van der Waals surface area contributed by atoms with Crippen LogP contribution in [0.2, 0.25) is 0 Å². The van der Waals surface area contributed by atoms with Gasteiger partial charge in [0.15, 0.2) is 0 Å². The molecule has 6 nitrogen and oxygen atoms in total. The van der Waals surface area contributed by atoms with Crippen LogP contribution in [-0.2, 0) is 14.8 Å². The first-order chi connectivity index (χ1) is 9.27. The number of aromatic carboxylic acids is 1. The Labute approximate surface area is 116 Å². The monoisotopic (exact) mass is 305 g/mol. The number of carbonyl (C=O) groups is 1. The third-order valence-corrected chi connectivity index (χ3v) is 3.92. The van der Waals surface area contributed by atoms with Crippen LogP contribution in [0.3, 0.4) is 0 Å². The number of ether oxygens (including phenoxy) is 1. The number of hydrogen-bond donors (Lipinski definition) is 2. The third-order valence-electron chi connectivity index (χ3n) is 2.48. The highest BCUT2D eigenvalue weighted by atomic mass is 32.2. The number of sulfonamides is 1. The lowest BCUT2D eigenvalue weighted by atomic mass is 10.2. The number of hydrogen-bond acceptors (Lipinski definition) is 4. The zero-order chi connectivity index (χ0) is 15.3. The average Bonchev–Trinajstić information content (AvgIpc) is 2.37. The SMILES string of the molecule is CCOC(C)CNS(=O)(=O)c1cc(C(=O)O)ccc1F. The summed E-state index contributed by atoms with van der Waals surface area (Å²) in [6.45, 7) is 3.82.